The third kappa shape index (κ3) is 3.94. The van der Waals surface area contributed by atoms with Crippen LogP contribution in [0.3, 0.4) is 0 Å². The number of likely N-dealkylation sites (N-methyl/N-ethyl adjacent to an activating group) is 1. The Morgan fingerprint density at radius 2 is 1.79 bits per heavy atom. The molecule has 34 heavy (non-hydrogen) atoms. The molecule has 3 unspecified atom stereocenters. The van der Waals surface area contributed by atoms with E-state index >= 15 is 0 Å². The SMILES string of the molecule is CNC(=O)C1c2cc(-c3cccc(C(=O)N4CCCC4C)c3)ccc2OC1c1ccc(F)cc1. The van der Waals surface area contributed by atoms with E-state index < -0.39 is 12.0 Å². The molecule has 0 aliphatic carbocycles. The van der Waals surface area contributed by atoms with E-state index in [1.807, 2.05) is 47.4 Å². The van der Waals surface area contributed by atoms with Crippen LogP contribution in [0.4, 0.5) is 4.39 Å². The summed E-state index contributed by atoms with van der Waals surface area (Å²) < 4.78 is 19.6. The quantitative estimate of drug-likeness (QED) is 0.593. The molecule has 0 bridgehead atoms. The van der Waals surface area contributed by atoms with E-state index in [2.05, 4.69) is 12.2 Å². The van der Waals surface area contributed by atoms with Gasteiger partial charge in [-0.25, -0.2) is 4.39 Å². The van der Waals surface area contributed by atoms with Gasteiger partial charge in [-0.3, -0.25) is 9.59 Å². The summed E-state index contributed by atoms with van der Waals surface area (Å²) in [5.41, 5.74) is 3.98. The van der Waals surface area contributed by atoms with Crippen molar-refractivity contribution >= 4 is 11.8 Å². The third-order valence-electron chi connectivity index (χ3n) is 6.89. The topological polar surface area (TPSA) is 58.6 Å². The van der Waals surface area contributed by atoms with Gasteiger partial charge in [0.05, 0.1) is 0 Å². The summed E-state index contributed by atoms with van der Waals surface area (Å²) in [6.07, 6.45) is 1.52. The molecule has 3 aromatic carbocycles. The van der Waals surface area contributed by atoms with Gasteiger partial charge in [-0.2, -0.15) is 0 Å². The number of fused-ring (bicyclic) bond motifs is 1. The first-order valence-electron chi connectivity index (χ1n) is 11.7. The predicted molar refractivity (Wildman–Crippen MR) is 128 cm³/mol. The molecule has 3 atom stereocenters. The van der Waals surface area contributed by atoms with Crippen LogP contribution in [0.15, 0.2) is 66.7 Å². The summed E-state index contributed by atoms with van der Waals surface area (Å²) in [5, 5.41) is 2.73. The summed E-state index contributed by atoms with van der Waals surface area (Å²) in [6.45, 7) is 2.88. The molecule has 2 heterocycles. The fourth-order valence-electron chi connectivity index (χ4n) is 5.03. The van der Waals surface area contributed by atoms with Crippen LogP contribution in [-0.4, -0.2) is 36.3 Å². The van der Waals surface area contributed by atoms with Gasteiger partial charge in [0, 0.05) is 30.8 Å². The number of likely N-dealkylation sites (tertiary alicyclic amines) is 1. The minimum absolute atomic E-state index is 0.0518. The van der Waals surface area contributed by atoms with Crippen LogP contribution in [-0.2, 0) is 4.79 Å². The van der Waals surface area contributed by atoms with Crippen LogP contribution in [0, 0.1) is 5.82 Å². The Balaban J connectivity index is 1.49. The number of rotatable bonds is 4. The molecular formula is C28H27FN2O3. The minimum Gasteiger partial charge on any atom is -0.484 e. The number of carbonyl (C=O) groups is 2. The zero-order valence-electron chi connectivity index (χ0n) is 19.3. The molecule has 0 spiro atoms. The zero-order valence-corrected chi connectivity index (χ0v) is 19.3. The number of nitrogens with one attached hydrogen (secondary N) is 1. The van der Waals surface area contributed by atoms with Gasteiger partial charge in [0.1, 0.15) is 23.6 Å². The summed E-state index contributed by atoms with van der Waals surface area (Å²) in [5.74, 6) is -0.394. The summed E-state index contributed by atoms with van der Waals surface area (Å²) >= 11 is 0. The largest absolute Gasteiger partial charge is 0.484 e. The molecule has 2 aliphatic rings. The van der Waals surface area contributed by atoms with E-state index in [-0.39, 0.29) is 23.7 Å². The molecule has 0 aromatic heterocycles. The Morgan fingerprint density at radius 1 is 1.03 bits per heavy atom. The lowest BCUT2D eigenvalue weighted by Gasteiger charge is -2.21. The second kappa shape index (κ2) is 8.93. The van der Waals surface area contributed by atoms with Crippen molar-refractivity contribution in [2.24, 2.45) is 0 Å². The van der Waals surface area contributed by atoms with Gasteiger partial charge in [-0.1, -0.05) is 30.3 Å². The first kappa shape index (κ1) is 22.1. The van der Waals surface area contributed by atoms with E-state index in [0.29, 0.717) is 11.3 Å². The highest BCUT2D eigenvalue weighted by Gasteiger charge is 2.40. The second-order valence-electron chi connectivity index (χ2n) is 9.01. The Bertz CT molecular complexity index is 1240. The number of hydrogen-bond donors (Lipinski definition) is 1. The number of ether oxygens (including phenoxy) is 1. The highest BCUT2D eigenvalue weighted by molar-refractivity contribution is 5.96. The summed E-state index contributed by atoms with van der Waals surface area (Å²) in [4.78, 5) is 27.9. The van der Waals surface area contributed by atoms with Gasteiger partial charge in [-0.15, -0.1) is 0 Å². The number of hydrogen-bond acceptors (Lipinski definition) is 3. The normalized spacial score (nSPS) is 21.1. The number of halogens is 1. The van der Waals surface area contributed by atoms with Gasteiger partial charge >= 0.3 is 0 Å². The van der Waals surface area contributed by atoms with Gasteiger partial charge < -0.3 is 15.0 Å². The van der Waals surface area contributed by atoms with Crippen molar-refractivity contribution in [2.45, 2.75) is 37.8 Å². The molecule has 0 saturated carbocycles. The zero-order chi connectivity index (χ0) is 23.8. The molecule has 174 valence electrons. The molecular weight excluding hydrogens is 431 g/mol. The summed E-state index contributed by atoms with van der Waals surface area (Å²) in [6, 6.07) is 19.7. The number of nitrogens with zero attached hydrogens (tertiary/aromatic N) is 1. The minimum atomic E-state index is -0.569. The van der Waals surface area contributed by atoms with E-state index in [1.54, 1.807) is 19.2 Å². The number of benzene rings is 3. The van der Waals surface area contributed by atoms with E-state index in [9.17, 15) is 14.0 Å². The molecule has 1 fully saturated rings. The van der Waals surface area contributed by atoms with Crippen LogP contribution in [0.1, 0.15) is 53.3 Å². The standard InChI is InChI=1S/C28H27FN2O3/c1-17-5-4-14-31(17)28(33)21-7-3-6-19(15-21)20-10-13-24-23(16-20)25(27(32)30-2)26(34-24)18-8-11-22(29)12-9-18/h3,6-13,15-17,25-26H,4-5,14H2,1-2H3,(H,30,32). The van der Waals surface area contributed by atoms with Crippen LogP contribution in [0.25, 0.3) is 11.1 Å². The smallest absolute Gasteiger partial charge is 0.254 e. The first-order chi connectivity index (χ1) is 16.5. The third-order valence-corrected chi connectivity index (χ3v) is 6.89. The van der Waals surface area contributed by atoms with E-state index in [4.69, 9.17) is 4.74 Å². The van der Waals surface area contributed by atoms with E-state index in [0.717, 1.165) is 41.6 Å². The lowest BCUT2D eigenvalue weighted by Crippen LogP contribution is -2.33. The van der Waals surface area contributed by atoms with Crippen molar-refractivity contribution in [3.05, 3.63) is 89.2 Å². The van der Waals surface area contributed by atoms with Crippen molar-refractivity contribution in [1.29, 1.82) is 0 Å². The van der Waals surface area contributed by atoms with Crippen LogP contribution in [0.2, 0.25) is 0 Å². The number of carbonyl (C=O) groups excluding carboxylic acids is 2. The lowest BCUT2D eigenvalue weighted by molar-refractivity contribution is -0.123. The van der Waals surface area contributed by atoms with Crippen LogP contribution in [0.5, 0.6) is 5.75 Å². The molecule has 1 saturated heterocycles. The van der Waals surface area contributed by atoms with Gasteiger partial charge in [-0.05, 0) is 72.9 Å². The molecule has 2 amide bonds. The van der Waals surface area contributed by atoms with Crippen molar-refractivity contribution in [1.82, 2.24) is 10.2 Å². The monoisotopic (exact) mass is 458 g/mol. The maximum atomic E-state index is 13.5. The van der Waals surface area contributed by atoms with Crippen molar-refractivity contribution in [2.75, 3.05) is 13.6 Å². The van der Waals surface area contributed by atoms with Gasteiger partial charge in [0.15, 0.2) is 0 Å². The molecule has 1 N–H and O–H groups in total. The van der Waals surface area contributed by atoms with Crippen molar-refractivity contribution in [3.8, 4) is 16.9 Å². The average Bonchev–Trinajstić information content (AvgIpc) is 3.46. The Kier molecular flexibility index (Phi) is 5.82. The van der Waals surface area contributed by atoms with Gasteiger partial charge in [0.2, 0.25) is 5.91 Å². The van der Waals surface area contributed by atoms with Crippen LogP contribution < -0.4 is 10.1 Å². The van der Waals surface area contributed by atoms with Gasteiger partial charge in [0.25, 0.3) is 5.91 Å². The highest BCUT2D eigenvalue weighted by atomic mass is 19.1. The molecule has 5 nitrogen and oxygen atoms in total. The maximum absolute atomic E-state index is 13.5. The molecule has 6 heteroatoms. The Hall–Kier alpha value is -3.67. The average molecular weight is 459 g/mol. The fourth-order valence-corrected chi connectivity index (χ4v) is 5.03. The predicted octanol–water partition coefficient (Wildman–Crippen LogP) is 5.08. The Morgan fingerprint density at radius 3 is 2.50 bits per heavy atom. The van der Waals surface area contributed by atoms with Crippen molar-refractivity contribution < 1.29 is 18.7 Å². The number of amides is 2. The summed E-state index contributed by atoms with van der Waals surface area (Å²) in [7, 11) is 1.60. The first-order valence-corrected chi connectivity index (χ1v) is 11.7. The highest BCUT2D eigenvalue weighted by Crippen LogP contribution is 2.47. The van der Waals surface area contributed by atoms with Crippen molar-refractivity contribution in [3.63, 3.8) is 0 Å². The molecule has 2 aliphatic heterocycles. The molecule has 5 rings (SSSR count). The Labute approximate surface area is 198 Å². The molecule has 3 aromatic rings. The van der Waals surface area contributed by atoms with Crippen LogP contribution >= 0.6 is 0 Å². The lowest BCUT2D eigenvalue weighted by atomic mass is 9.88. The maximum Gasteiger partial charge on any atom is 0.254 e. The van der Waals surface area contributed by atoms with E-state index in [1.165, 1.54) is 12.1 Å². The molecule has 0 radical (unpaired) electrons. The fraction of sp³-hybridized carbons (Fsp3) is 0.286. The second-order valence-corrected chi connectivity index (χ2v) is 9.01.